The average Bonchev–Trinajstić information content (AvgIpc) is 2.67. The fourth-order valence-corrected chi connectivity index (χ4v) is 2.13. The molecule has 0 unspecified atom stereocenters. The van der Waals surface area contributed by atoms with Gasteiger partial charge in [0.05, 0.1) is 0 Å². The summed E-state index contributed by atoms with van der Waals surface area (Å²) in [5, 5.41) is 0. The number of hydrogen-bond acceptors (Lipinski definition) is 4. The van der Waals surface area contributed by atoms with Crippen molar-refractivity contribution in [3.63, 3.8) is 0 Å². The first-order valence-corrected chi connectivity index (χ1v) is 7.66. The molecule has 1 heterocycles. The maximum atomic E-state index is 13.1. The zero-order valence-corrected chi connectivity index (χ0v) is 13.5. The van der Waals surface area contributed by atoms with Crippen molar-refractivity contribution in [3.8, 4) is 11.5 Å². The summed E-state index contributed by atoms with van der Waals surface area (Å²) >= 11 is 0. The molecule has 0 aliphatic rings. The first kappa shape index (κ1) is 17.1. The summed E-state index contributed by atoms with van der Waals surface area (Å²) in [5.74, 6) is -0.654. The summed E-state index contributed by atoms with van der Waals surface area (Å²) in [6, 6.07) is 15.0. The Morgan fingerprint density at radius 1 is 0.808 bits per heavy atom. The zero-order valence-electron chi connectivity index (χ0n) is 13.5. The molecule has 0 bridgehead atoms. The standard InChI is InChI=1S/C19H14FN3O3/c20-15-5-1-3-13(11-15)18(24)22-23-19(25)14-4-2-6-17(12-14)26-16-7-9-21-10-8-16/h1-12H,(H,22,24)(H,23,25). The molecule has 2 amide bonds. The molecule has 0 aliphatic carbocycles. The summed E-state index contributed by atoms with van der Waals surface area (Å²) < 4.78 is 18.8. The van der Waals surface area contributed by atoms with Crippen LogP contribution < -0.4 is 15.6 Å². The molecule has 0 fully saturated rings. The lowest BCUT2D eigenvalue weighted by Crippen LogP contribution is -2.41. The van der Waals surface area contributed by atoms with Crippen LogP contribution in [0.25, 0.3) is 0 Å². The van der Waals surface area contributed by atoms with Crippen LogP contribution in [-0.4, -0.2) is 16.8 Å². The summed E-state index contributed by atoms with van der Waals surface area (Å²) in [6.45, 7) is 0. The van der Waals surface area contributed by atoms with Crippen molar-refractivity contribution in [2.45, 2.75) is 0 Å². The Morgan fingerprint density at radius 2 is 1.42 bits per heavy atom. The van der Waals surface area contributed by atoms with Gasteiger partial charge in [0.1, 0.15) is 17.3 Å². The van der Waals surface area contributed by atoms with Gasteiger partial charge in [-0.2, -0.15) is 0 Å². The van der Waals surface area contributed by atoms with Crippen molar-refractivity contribution in [1.82, 2.24) is 15.8 Å². The second-order valence-electron chi connectivity index (χ2n) is 5.23. The molecule has 0 saturated heterocycles. The van der Waals surface area contributed by atoms with E-state index >= 15 is 0 Å². The van der Waals surface area contributed by atoms with Crippen molar-refractivity contribution in [1.29, 1.82) is 0 Å². The number of halogens is 1. The lowest BCUT2D eigenvalue weighted by atomic mass is 10.2. The van der Waals surface area contributed by atoms with Gasteiger partial charge < -0.3 is 4.74 Å². The molecule has 0 radical (unpaired) electrons. The Kier molecular flexibility index (Phi) is 5.19. The van der Waals surface area contributed by atoms with Gasteiger partial charge in [0, 0.05) is 23.5 Å². The lowest BCUT2D eigenvalue weighted by Gasteiger charge is -2.09. The monoisotopic (exact) mass is 351 g/mol. The van der Waals surface area contributed by atoms with Gasteiger partial charge in [-0.1, -0.05) is 12.1 Å². The molecule has 130 valence electrons. The second kappa shape index (κ2) is 7.89. The maximum absolute atomic E-state index is 13.1. The molecular formula is C19H14FN3O3. The number of amides is 2. The number of pyridine rings is 1. The van der Waals surface area contributed by atoms with E-state index in [1.807, 2.05) is 0 Å². The largest absolute Gasteiger partial charge is 0.457 e. The molecule has 0 atom stereocenters. The van der Waals surface area contributed by atoms with Crippen LogP contribution in [0.4, 0.5) is 4.39 Å². The highest BCUT2D eigenvalue weighted by Gasteiger charge is 2.10. The van der Waals surface area contributed by atoms with E-state index in [4.69, 9.17) is 4.74 Å². The minimum Gasteiger partial charge on any atom is -0.457 e. The van der Waals surface area contributed by atoms with Crippen molar-refractivity contribution < 1.29 is 18.7 Å². The summed E-state index contributed by atoms with van der Waals surface area (Å²) in [4.78, 5) is 28.0. The van der Waals surface area contributed by atoms with Crippen LogP contribution in [0.5, 0.6) is 11.5 Å². The van der Waals surface area contributed by atoms with Crippen molar-refractivity contribution in [2.75, 3.05) is 0 Å². The molecular weight excluding hydrogens is 337 g/mol. The van der Waals surface area contributed by atoms with Crippen molar-refractivity contribution in [2.24, 2.45) is 0 Å². The number of nitrogens with zero attached hydrogens (tertiary/aromatic N) is 1. The molecule has 0 spiro atoms. The van der Waals surface area contributed by atoms with E-state index in [1.165, 1.54) is 24.3 Å². The van der Waals surface area contributed by atoms with Crippen LogP contribution in [0.2, 0.25) is 0 Å². The second-order valence-corrected chi connectivity index (χ2v) is 5.23. The SMILES string of the molecule is O=C(NNC(=O)c1cccc(Oc2ccncc2)c1)c1cccc(F)c1. The Balaban J connectivity index is 1.63. The highest BCUT2D eigenvalue weighted by atomic mass is 19.1. The van der Waals surface area contributed by atoms with Crippen LogP contribution in [0.1, 0.15) is 20.7 Å². The van der Waals surface area contributed by atoms with Crippen LogP contribution in [0, 0.1) is 5.82 Å². The van der Waals surface area contributed by atoms with E-state index in [2.05, 4.69) is 15.8 Å². The van der Waals surface area contributed by atoms with Gasteiger partial charge in [-0.15, -0.1) is 0 Å². The average molecular weight is 351 g/mol. The minimum atomic E-state index is -0.623. The Bertz CT molecular complexity index is 932. The number of carbonyl (C=O) groups excluding carboxylic acids is 2. The Hall–Kier alpha value is -3.74. The molecule has 3 aromatic rings. The third-order valence-corrected chi connectivity index (χ3v) is 3.36. The summed E-state index contributed by atoms with van der Waals surface area (Å²) in [6.07, 6.45) is 3.18. The Labute approximate surface area is 148 Å². The molecule has 2 aromatic carbocycles. The van der Waals surface area contributed by atoms with Crippen LogP contribution in [0.3, 0.4) is 0 Å². The van der Waals surface area contributed by atoms with Crippen LogP contribution in [0.15, 0.2) is 73.1 Å². The lowest BCUT2D eigenvalue weighted by molar-refractivity contribution is 0.0846. The van der Waals surface area contributed by atoms with Gasteiger partial charge in [0.2, 0.25) is 0 Å². The predicted octanol–water partition coefficient (Wildman–Crippen LogP) is 3.09. The molecule has 6 nitrogen and oxygen atoms in total. The van der Waals surface area contributed by atoms with Gasteiger partial charge in [-0.25, -0.2) is 4.39 Å². The predicted molar refractivity (Wildman–Crippen MR) is 92.1 cm³/mol. The normalized spacial score (nSPS) is 10.0. The van der Waals surface area contributed by atoms with E-state index in [0.29, 0.717) is 11.5 Å². The first-order chi connectivity index (χ1) is 12.6. The van der Waals surface area contributed by atoms with Crippen LogP contribution >= 0.6 is 0 Å². The number of ether oxygens (including phenoxy) is 1. The number of carbonyl (C=O) groups is 2. The highest BCUT2D eigenvalue weighted by Crippen LogP contribution is 2.21. The summed E-state index contributed by atoms with van der Waals surface area (Å²) in [7, 11) is 0. The van der Waals surface area contributed by atoms with Crippen LogP contribution in [-0.2, 0) is 0 Å². The number of nitrogens with one attached hydrogen (secondary N) is 2. The van der Waals surface area contributed by atoms with Gasteiger partial charge in [-0.3, -0.25) is 25.4 Å². The van der Waals surface area contributed by atoms with Gasteiger partial charge >= 0.3 is 0 Å². The molecule has 3 rings (SSSR count). The number of hydrazine groups is 1. The molecule has 26 heavy (non-hydrogen) atoms. The summed E-state index contributed by atoms with van der Waals surface area (Å²) in [5.41, 5.74) is 4.91. The van der Waals surface area contributed by atoms with Gasteiger partial charge in [0.15, 0.2) is 0 Å². The topological polar surface area (TPSA) is 80.3 Å². The number of aromatic nitrogens is 1. The van der Waals surface area contributed by atoms with E-state index in [0.717, 1.165) is 6.07 Å². The smallest absolute Gasteiger partial charge is 0.269 e. The number of hydrogen-bond donors (Lipinski definition) is 2. The van der Waals surface area contributed by atoms with E-state index in [1.54, 1.807) is 42.7 Å². The maximum Gasteiger partial charge on any atom is 0.269 e. The molecule has 1 aromatic heterocycles. The quantitative estimate of drug-likeness (QED) is 0.708. The molecule has 0 saturated carbocycles. The van der Waals surface area contributed by atoms with Crippen molar-refractivity contribution >= 4 is 11.8 Å². The fourth-order valence-electron chi connectivity index (χ4n) is 2.13. The van der Waals surface area contributed by atoms with E-state index in [9.17, 15) is 14.0 Å². The third-order valence-electron chi connectivity index (χ3n) is 3.36. The van der Waals surface area contributed by atoms with Gasteiger partial charge in [-0.05, 0) is 48.5 Å². The molecule has 7 heteroatoms. The Morgan fingerprint density at radius 3 is 2.08 bits per heavy atom. The first-order valence-electron chi connectivity index (χ1n) is 7.66. The fraction of sp³-hybridized carbons (Fsp3) is 0. The molecule has 2 N–H and O–H groups in total. The molecule has 0 aliphatic heterocycles. The number of rotatable bonds is 4. The third kappa shape index (κ3) is 4.41. The number of benzene rings is 2. The van der Waals surface area contributed by atoms with E-state index < -0.39 is 17.6 Å². The van der Waals surface area contributed by atoms with Gasteiger partial charge in [0.25, 0.3) is 11.8 Å². The van der Waals surface area contributed by atoms with Crippen molar-refractivity contribution in [3.05, 3.63) is 90.0 Å². The highest BCUT2D eigenvalue weighted by molar-refractivity contribution is 5.99. The minimum absolute atomic E-state index is 0.0973. The van der Waals surface area contributed by atoms with E-state index in [-0.39, 0.29) is 11.1 Å². The zero-order chi connectivity index (χ0) is 18.4.